The van der Waals surface area contributed by atoms with Gasteiger partial charge in [0, 0.05) is 0 Å². The van der Waals surface area contributed by atoms with Gasteiger partial charge in [0.15, 0.2) is 0 Å². The van der Waals surface area contributed by atoms with Crippen LogP contribution in [0.3, 0.4) is 0 Å². The molecule has 2 aromatic carbocycles. The lowest BCUT2D eigenvalue weighted by Crippen LogP contribution is -2.33. The lowest BCUT2D eigenvalue weighted by Gasteiger charge is -2.31. The molecule has 19 heavy (non-hydrogen) atoms. The van der Waals surface area contributed by atoms with Gasteiger partial charge in [-0.15, -0.1) is 0 Å². The number of nitrogens with zero attached hydrogens (tertiary/aromatic N) is 1. The van der Waals surface area contributed by atoms with Crippen molar-refractivity contribution < 1.29 is 5.11 Å². The lowest BCUT2D eigenvalue weighted by molar-refractivity contribution is 0.0757. The summed E-state index contributed by atoms with van der Waals surface area (Å²) in [5.74, 6) is 0. The molecule has 0 saturated carbocycles. The Hall–Kier alpha value is -1.38. The zero-order chi connectivity index (χ0) is 13.2. The minimum Gasteiger partial charge on any atom is -0.391 e. The second kappa shape index (κ2) is 5.32. The molecule has 1 heterocycles. The number of hydrogen-bond donors (Lipinski definition) is 1. The quantitative estimate of drug-likeness (QED) is 0.909. The van der Waals surface area contributed by atoms with E-state index in [-0.39, 0.29) is 12.1 Å². The minimum atomic E-state index is -0.344. The average Bonchev–Trinajstić information content (AvgIpc) is 2.93. The minimum absolute atomic E-state index is 0.119. The predicted molar refractivity (Wildman–Crippen MR) is 79.2 cm³/mol. The molecule has 1 saturated heterocycles. The third kappa shape index (κ3) is 2.38. The van der Waals surface area contributed by atoms with Crippen LogP contribution in [-0.4, -0.2) is 29.2 Å². The zero-order valence-corrected chi connectivity index (χ0v) is 11.4. The second-order valence-corrected chi connectivity index (χ2v) is 5.50. The van der Waals surface area contributed by atoms with E-state index in [1.165, 1.54) is 29.2 Å². The van der Waals surface area contributed by atoms with Crippen LogP contribution in [0.5, 0.6) is 0 Å². The third-order valence-electron chi connectivity index (χ3n) is 4.13. The van der Waals surface area contributed by atoms with Gasteiger partial charge in [0.2, 0.25) is 0 Å². The Labute approximate surface area is 114 Å². The molecule has 1 fully saturated rings. The molecule has 2 heteroatoms. The Morgan fingerprint density at radius 2 is 1.68 bits per heavy atom. The van der Waals surface area contributed by atoms with E-state index in [4.69, 9.17) is 0 Å². The Morgan fingerprint density at radius 1 is 1.00 bits per heavy atom. The Kier molecular flexibility index (Phi) is 3.54. The van der Waals surface area contributed by atoms with Crippen LogP contribution >= 0.6 is 0 Å². The van der Waals surface area contributed by atoms with Crippen molar-refractivity contribution in [2.45, 2.75) is 31.9 Å². The van der Waals surface area contributed by atoms with Crippen LogP contribution in [0.1, 0.15) is 31.4 Å². The molecule has 0 aromatic heterocycles. The SMILES string of the molecule is C[C@@H](O)[C@H](c1cccc2ccccc12)N1CCCC1. The van der Waals surface area contributed by atoms with E-state index in [1.54, 1.807) is 0 Å². The standard InChI is InChI=1S/C17H21NO/c1-13(19)17(18-11-4-5-12-18)16-10-6-8-14-7-2-3-9-15(14)16/h2-3,6-10,13,17,19H,4-5,11-12H2,1H3/t13-,17-/m1/s1. The summed E-state index contributed by atoms with van der Waals surface area (Å²) in [5.41, 5.74) is 1.26. The van der Waals surface area contributed by atoms with Crippen molar-refractivity contribution in [1.29, 1.82) is 0 Å². The monoisotopic (exact) mass is 255 g/mol. The van der Waals surface area contributed by atoms with Crippen LogP contribution in [0, 0.1) is 0 Å². The summed E-state index contributed by atoms with van der Waals surface area (Å²) in [6.07, 6.45) is 2.14. The highest BCUT2D eigenvalue weighted by atomic mass is 16.3. The van der Waals surface area contributed by atoms with Gasteiger partial charge in [-0.1, -0.05) is 42.5 Å². The molecule has 0 bridgehead atoms. The van der Waals surface area contributed by atoms with Crippen LogP contribution < -0.4 is 0 Å². The molecule has 0 spiro atoms. The van der Waals surface area contributed by atoms with Crippen LogP contribution in [0.25, 0.3) is 10.8 Å². The van der Waals surface area contributed by atoms with Crippen LogP contribution in [0.15, 0.2) is 42.5 Å². The first-order valence-corrected chi connectivity index (χ1v) is 7.17. The summed E-state index contributed by atoms with van der Waals surface area (Å²) in [5, 5.41) is 12.8. The fraction of sp³-hybridized carbons (Fsp3) is 0.412. The van der Waals surface area contributed by atoms with Gasteiger partial charge in [-0.2, -0.15) is 0 Å². The van der Waals surface area contributed by atoms with Gasteiger partial charge in [0.25, 0.3) is 0 Å². The first-order chi connectivity index (χ1) is 9.27. The van der Waals surface area contributed by atoms with E-state index in [1.807, 2.05) is 6.92 Å². The van der Waals surface area contributed by atoms with Gasteiger partial charge in [0.1, 0.15) is 0 Å². The maximum Gasteiger partial charge on any atom is 0.0709 e. The van der Waals surface area contributed by atoms with E-state index in [0.29, 0.717) is 0 Å². The normalized spacial score (nSPS) is 19.7. The number of hydrogen-bond acceptors (Lipinski definition) is 2. The fourth-order valence-corrected chi connectivity index (χ4v) is 3.29. The highest BCUT2D eigenvalue weighted by Gasteiger charge is 2.28. The van der Waals surface area contributed by atoms with Crippen LogP contribution in [-0.2, 0) is 0 Å². The summed E-state index contributed by atoms with van der Waals surface area (Å²) in [4.78, 5) is 2.42. The van der Waals surface area contributed by atoms with Gasteiger partial charge < -0.3 is 5.11 Å². The van der Waals surface area contributed by atoms with E-state index >= 15 is 0 Å². The Bertz CT molecular complexity index is 553. The fourth-order valence-electron chi connectivity index (χ4n) is 3.29. The number of aliphatic hydroxyl groups is 1. The van der Waals surface area contributed by atoms with Crippen molar-refractivity contribution in [2.24, 2.45) is 0 Å². The number of likely N-dealkylation sites (tertiary alicyclic amines) is 1. The maximum atomic E-state index is 10.2. The van der Waals surface area contributed by atoms with Gasteiger partial charge in [-0.05, 0) is 49.2 Å². The molecule has 1 aliphatic heterocycles. The third-order valence-corrected chi connectivity index (χ3v) is 4.13. The molecule has 2 aromatic rings. The van der Waals surface area contributed by atoms with E-state index < -0.39 is 0 Å². The van der Waals surface area contributed by atoms with Crippen molar-refractivity contribution in [3.05, 3.63) is 48.0 Å². The molecule has 1 N–H and O–H groups in total. The summed E-state index contributed by atoms with van der Waals surface area (Å²) >= 11 is 0. The molecule has 3 rings (SSSR count). The maximum absolute atomic E-state index is 10.2. The zero-order valence-electron chi connectivity index (χ0n) is 11.4. The first kappa shape index (κ1) is 12.6. The second-order valence-electron chi connectivity index (χ2n) is 5.50. The average molecular weight is 255 g/mol. The topological polar surface area (TPSA) is 23.5 Å². The van der Waals surface area contributed by atoms with Crippen LogP contribution in [0.4, 0.5) is 0 Å². The lowest BCUT2D eigenvalue weighted by atomic mass is 9.95. The van der Waals surface area contributed by atoms with Crippen molar-refractivity contribution in [2.75, 3.05) is 13.1 Å². The van der Waals surface area contributed by atoms with Crippen molar-refractivity contribution >= 4 is 10.8 Å². The van der Waals surface area contributed by atoms with E-state index in [2.05, 4.69) is 47.4 Å². The van der Waals surface area contributed by atoms with Crippen molar-refractivity contribution in [3.8, 4) is 0 Å². The molecule has 0 unspecified atom stereocenters. The summed E-state index contributed by atoms with van der Waals surface area (Å²) in [6, 6.07) is 15.0. The highest BCUT2D eigenvalue weighted by molar-refractivity contribution is 5.86. The molecule has 2 atom stereocenters. The molecule has 1 aliphatic rings. The smallest absolute Gasteiger partial charge is 0.0709 e. The number of fused-ring (bicyclic) bond motifs is 1. The largest absolute Gasteiger partial charge is 0.391 e. The van der Waals surface area contributed by atoms with Crippen molar-refractivity contribution in [3.63, 3.8) is 0 Å². The number of benzene rings is 2. The molecular formula is C17H21NO. The first-order valence-electron chi connectivity index (χ1n) is 7.17. The molecule has 0 radical (unpaired) electrons. The van der Waals surface area contributed by atoms with E-state index in [9.17, 15) is 5.11 Å². The summed E-state index contributed by atoms with van der Waals surface area (Å²) < 4.78 is 0. The molecular weight excluding hydrogens is 234 g/mol. The molecule has 100 valence electrons. The van der Waals surface area contributed by atoms with Gasteiger partial charge in [0.05, 0.1) is 12.1 Å². The van der Waals surface area contributed by atoms with Gasteiger partial charge in [-0.25, -0.2) is 0 Å². The molecule has 0 aliphatic carbocycles. The molecule has 2 nitrogen and oxygen atoms in total. The molecule has 0 amide bonds. The summed E-state index contributed by atoms with van der Waals surface area (Å²) in [6.45, 7) is 4.10. The van der Waals surface area contributed by atoms with Gasteiger partial charge in [-0.3, -0.25) is 4.90 Å². The predicted octanol–water partition coefficient (Wildman–Crippen LogP) is 3.36. The highest BCUT2D eigenvalue weighted by Crippen LogP contribution is 2.32. The van der Waals surface area contributed by atoms with Crippen molar-refractivity contribution in [1.82, 2.24) is 4.90 Å². The van der Waals surface area contributed by atoms with E-state index in [0.717, 1.165) is 13.1 Å². The Balaban J connectivity index is 2.09. The van der Waals surface area contributed by atoms with Crippen LogP contribution in [0.2, 0.25) is 0 Å². The number of rotatable bonds is 3. The Morgan fingerprint density at radius 3 is 2.42 bits per heavy atom. The number of aliphatic hydroxyl groups excluding tert-OH is 1. The van der Waals surface area contributed by atoms with Gasteiger partial charge >= 0.3 is 0 Å². The summed E-state index contributed by atoms with van der Waals surface area (Å²) in [7, 11) is 0.